The summed E-state index contributed by atoms with van der Waals surface area (Å²) in [7, 11) is 0. The Labute approximate surface area is 192 Å². The van der Waals surface area contributed by atoms with Crippen molar-refractivity contribution < 1.29 is 4.74 Å². The number of ether oxygens (including phenoxy) is 1. The van der Waals surface area contributed by atoms with Crippen LogP contribution in [0.2, 0.25) is 0 Å². The maximum atomic E-state index is 6.54. The van der Waals surface area contributed by atoms with Crippen LogP contribution < -0.4 is 10.5 Å². The fourth-order valence-electron chi connectivity index (χ4n) is 4.67. The van der Waals surface area contributed by atoms with E-state index in [1.54, 1.807) is 0 Å². The molecule has 0 aliphatic heterocycles. The van der Waals surface area contributed by atoms with Gasteiger partial charge in [-0.25, -0.2) is 4.98 Å². The van der Waals surface area contributed by atoms with Crippen molar-refractivity contribution >= 4 is 16.6 Å². The van der Waals surface area contributed by atoms with Gasteiger partial charge in [-0.1, -0.05) is 59.7 Å². The number of hydrogen-bond donors (Lipinski definition) is 1. The summed E-state index contributed by atoms with van der Waals surface area (Å²) < 4.78 is 7.50. The minimum Gasteiger partial charge on any atom is -0.464 e. The van der Waals surface area contributed by atoms with E-state index in [9.17, 15) is 0 Å². The zero-order valence-electron chi connectivity index (χ0n) is 18.5. The second-order valence-corrected chi connectivity index (χ2v) is 8.70. The Bertz CT molecular complexity index is 1450. The molecule has 33 heavy (non-hydrogen) atoms. The summed E-state index contributed by atoms with van der Waals surface area (Å²) in [6.45, 7) is 2.47. The molecule has 2 N–H and O–H groups in total. The number of hydrogen-bond acceptors (Lipinski definition) is 5. The number of aromatic nitrogens is 4. The average molecular weight is 436 g/mol. The van der Waals surface area contributed by atoms with E-state index in [-0.39, 0.29) is 5.54 Å². The van der Waals surface area contributed by atoms with Gasteiger partial charge in [0.15, 0.2) is 5.65 Å². The summed E-state index contributed by atoms with van der Waals surface area (Å²) in [4.78, 5) is 5.10. The molecule has 6 rings (SSSR count). The number of nitrogens with zero attached hydrogens (tertiary/aromatic N) is 4. The van der Waals surface area contributed by atoms with Crippen LogP contribution in [0.25, 0.3) is 38.9 Å². The molecule has 0 unspecified atom stereocenters. The van der Waals surface area contributed by atoms with Crippen molar-refractivity contribution in [2.45, 2.75) is 31.7 Å². The molecule has 6 nitrogen and oxygen atoms in total. The molecule has 3 aromatic heterocycles. The Morgan fingerprint density at radius 3 is 2.45 bits per heavy atom. The van der Waals surface area contributed by atoms with Gasteiger partial charge >= 0.3 is 6.01 Å². The Balaban J connectivity index is 1.55. The summed E-state index contributed by atoms with van der Waals surface area (Å²) >= 11 is 0. The third kappa shape index (κ3) is 3.26. The smallest absolute Gasteiger partial charge is 0.321 e. The second-order valence-electron chi connectivity index (χ2n) is 8.70. The van der Waals surface area contributed by atoms with Crippen LogP contribution in [0.3, 0.4) is 0 Å². The first kappa shape index (κ1) is 19.9. The predicted molar refractivity (Wildman–Crippen MR) is 130 cm³/mol. The lowest BCUT2D eigenvalue weighted by molar-refractivity contribution is 0.253. The van der Waals surface area contributed by atoms with Crippen molar-refractivity contribution in [3.05, 3.63) is 78.5 Å². The number of pyridine rings is 2. The predicted octanol–water partition coefficient (Wildman–Crippen LogP) is 5.35. The molecule has 1 aliphatic rings. The van der Waals surface area contributed by atoms with Crippen molar-refractivity contribution in [1.82, 2.24) is 19.6 Å². The number of fused-ring (bicyclic) bond motifs is 3. The normalized spacial score (nSPS) is 15.0. The highest BCUT2D eigenvalue weighted by molar-refractivity contribution is 5.98. The molecule has 0 atom stereocenters. The minimum absolute atomic E-state index is 0.171. The summed E-state index contributed by atoms with van der Waals surface area (Å²) in [6, 6.07) is 23.6. The summed E-state index contributed by atoms with van der Waals surface area (Å²) in [5.41, 5.74) is 13.3. The molecule has 164 valence electrons. The standard InChI is InChI=1S/C27H25N5O/c1-2-33-26-31-30-25-22-17-21(18-7-4-3-5-8-18)24(29-23(22)13-16-32(25)26)19-9-11-20(12-10-19)27(28)14-6-15-27/h3-5,7-13,16-17H,2,6,14-15,28H2,1H3. The molecule has 0 bridgehead atoms. The van der Waals surface area contributed by atoms with Gasteiger partial charge in [0.1, 0.15) is 0 Å². The number of benzene rings is 2. The van der Waals surface area contributed by atoms with Gasteiger partial charge in [0.25, 0.3) is 0 Å². The molecule has 0 radical (unpaired) electrons. The van der Waals surface area contributed by atoms with E-state index >= 15 is 0 Å². The zero-order chi connectivity index (χ0) is 22.4. The average Bonchev–Trinajstić information content (AvgIpc) is 3.26. The quantitative estimate of drug-likeness (QED) is 0.403. The van der Waals surface area contributed by atoms with Gasteiger partial charge in [0.2, 0.25) is 0 Å². The fraction of sp³-hybridized carbons (Fsp3) is 0.222. The highest BCUT2D eigenvalue weighted by atomic mass is 16.5. The van der Waals surface area contributed by atoms with Crippen molar-refractivity contribution in [3.8, 4) is 28.4 Å². The minimum atomic E-state index is -0.171. The Kier molecular flexibility index (Phi) is 4.62. The summed E-state index contributed by atoms with van der Waals surface area (Å²) in [5.74, 6) is 0. The molecular weight excluding hydrogens is 410 g/mol. The lowest BCUT2D eigenvalue weighted by Crippen LogP contribution is -2.43. The summed E-state index contributed by atoms with van der Waals surface area (Å²) in [5, 5.41) is 9.54. The first-order valence-corrected chi connectivity index (χ1v) is 11.4. The van der Waals surface area contributed by atoms with Gasteiger partial charge < -0.3 is 10.5 Å². The van der Waals surface area contributed by atoms with Crippen LogP contribution in [0.4, 0.5) is 0 Å². The molecule has 2 aromatic carbocycles. The van der Waals surface area contributed by atoms with E-state index < -0.39 is 0 Å². The van der Waals surface area contributed by atoms with Gasteiger partial charge in [-0.15, -0.1) is 5.10 Å². The highest BCUT2D eigenvalue weighted by Crippen LogP contribution is 2.40. The van der Waals surface area contributed by atoms with E-state index in [0.29, 0.717) is 12.6 Å². The van der Waals surface area contributed by atoms with Crippen molar-refractivity contribution in [3.63, 3.8) is 0 Å². The van der Waals surface area contributed by atoms with E-state index in [1.165, 1.54) is 12.0 Å². The number of nitrogens with two attached hydrogens (primary N) is 1. The molecule has 5 aromatic rings. The summed E-state index contributed by atoms with van der Waals surface area (Å²) in [6.07, 6.45) is 5.21. The van der Waals surface area contributed by atoms with Gasteiger partial charge in [0, 0.05) is 28.2 Å². The maximum absolute atomic E-state index is 6.54. The van der Waals surface area contributed by atoms with Crippen LogP contribution >= 0.6 is 0 Å². The molecule has 1 aliphatic carbocycles. The van der Waals surface area contributed by atoms with E-state index in [4.69, 9.17) is 15.5 Å². The third-order valence-corrected chi connectivity index (χ3v) is 6.68. The van der Waals surface area contributed by atoms with Crippen LogP contribution in [0.1, 0.15) is 31.7 Å². The van der Waals surface area contributed by atoms with Gasteiger partial charge in [-0.05, 0) is 49.4 Å². The monoisotopic (exact) mass is 435 g/mol. The first-order valence-electron chi connectivity index (χ1n) is 11.4. The molecule has 6 heteroatoms. The fourth-order valence-corrected chi connectivity index (χ4v) is 4.67. The molecular formula is C27H25N5O. The van der Waals surface area contributed by atoms with E-state index in [2.05, 4.69) is 52.7 Å². The second kappa shape index (κ2) is 7.67. The lowest BCUT2D eigenvalue weighted by Gasteiger charge is -2.38. The molecule has 1 fully saturated rings. The van der Waals surface area contributed by atoms with Crippen LogP contribution in [0, 0.1) is 0 Å². The Morgan fingerprint density at radius 1 is 0.970 bits per heavy atom. The molecule has 0 saturated heterocycles. The van der Waals surface area contributed by atoms with Gasteiger partial charge in [-0.3, -0.25) is 4.40 Å². The maximum Gasteiger partial charge on any atom is 0.321 e. The highest BCUT2D eigenvalue weighted by Gasteiger charge is 2.34. The van der Waals surface area contributed by atoms with Crippen LogP contribution in [-0.2, 0) is 5.54 Å². The Morgan fingerprint density at radius 2 is 1.76 bits per heavy atom. The topological polar surface area (TPSA) is 78.3 Å². The lowest BCUT2D eigenvalue weighted by atomic mass is 9.72. The zero-order valence-corrected chi connectivity index (χ0v) is 18.5. The SMILES string of the molecule is CCOc1nnc2c3cc(-c4ccccc4)c(-c4ccc(C5(N)CCC5)cc4)nc3ccn12. The first-order chi connectivity index (χ1) is 16.2. The van der Waals surface area contributed by atoms with E-state index in [1.807, 2.05) is 41.8 Å². The molecule has 0 spiro atoms. The molecule has 1 saturated carbocycles. The van der Waals surface area contributed by atoms with Gasteiger partial charge in [0.05, 0.1) is 17.8 Å². The van der Waals surface area contributed by atoms with Crippen molar-refractivity contribution in [1.29, 1.82) is 0 Å². The third-order valence-electron chi connectivity index (χ3n) is 6.68. The van der Waals surface area contributed by atoms with Crippen LogP contribution in [-0.4, -0.2) is 26.2 Å². The Hall–Kier alpha value is -3.77. The van der Waals surface area contributed by atoms with Crippen LogP contribution in [0.15, 0.2) is 72.9 Å². The van der Waals surface area contributed by atoms with Crippen molar-refractivity contribution in [2.75, 3.05) is 6.61 Å². The van der Waals surface area contributed by atoms with Gasteiger partial charge in [-0.2, -0.15) is 0 Å². The largest absolute Gasteiger partial charge is 0.464 e. The van der Waals surface area contributed by atoms with Crippen LogP contribution in [0.5, 0.6) is 6.01 Å². The number of rotatable bonds is 5. The molecule has 0 amide bonds. The molecule has 3 heterocycles. The van der Waals surface area contributed by atoms with Crippen molar-refractivity contribution in [2.24, 2.45) is 5.73 Å². The van der Waals surface area contributed by atoms with E-state index in [0.717, 1.165) is 51.8 Å².